The van der Waals surface area contributed by atoms with Crippen molar-refractivity contribution >= 4 is 5.82 Å². The van der Waals surface area contributed by atoms with Crippen LogP contribution in [0.3, 0.4) is 0 Å². The molecule has 0 fully saturated rings. The van der Waals surface area contributed by atoms with Crippen LogP contribution in [0.5, 0.6) is 0 Å². The normalized spacial score (nSPS) is 12.5. The van der Waals surface area contributed by atoms with Gasteiger partial charge in [0.25, 0.3) is 0 Å². The third kappa shape index (κ3) is 3.49. The van der Waals surface area contributed by atoms with Gasteiger partial charge in [-0.15, -0.1) is 0 Å². The van der Waals surface area contributed by atoms with E-state index in [1.165, 1.54) is 0 Å². The van der Waals surface area contributed by atoms with E-state index in [1.54, 1.807) is 0 Å². The molecule has 3 heteroatoms. The highest BCUT2D eigenvalue weighted by Gasteiger charge is 2.07. The molecule has 2 N–H and O–H groups in total. The van der Waals surface area contributed by atoms with Gasteiger partial charge < -0.3 is 10.6 Å². The lowest BCUT2D eigenvalue weighted by atomic mass is 10.1. The first-order valence-electron chi connectivity index (χ1n) is 6.15. The average Bonchev–Trinajstić information content (AvgIpc) is 2.29. The van der Waals surface area contributed by atoms with Gasteiger partial charge in [-0.05, 0) is 37.5 Å². The Morgan fingerprint density at radius 3 is 2.44 bits per heavy atom. The van der Waals surface area contributed by atoms with E-state index in [4.69, 9.17) is 5.73 Å². The molecule has 0 spiro atoms. The lowest BCUT2D eigenvalue weighted by molar-refractivity contribution is 0.730. The summed E-state index contributed by atoms with van der Waals surface area (Å²) in [6.07, 6.45) is 4.14. The minimum Gasteiger partial charge on any atom is -0.357 e. The van der Waals surface area contributed by atoms with Crippen LogP contribution in [-0.4, -0.2) is 18.1 Å². The van der Waals surface area contributed by atoms with E-state index in [1.807, 2.05) is 19.2 Å². The molecule has 1 rings (SSSR count). The van der Waals surface area contributed by atoms with Gasteiger partial charge in [0.05, 0.1) is 0 Å². The number of nitrogens with zero attached hydrogens (tertiary/aromatic N) is 2. The lowest BCUT2D eigenvalue weighted by Crippen LogP contribution is -2.26. The third-order valence-electron chi connectivity index (χ3n) is 2.61. The van der Waals surface area contributed by atoms with Crippen LogP contribution in [0.2, 0.25) is 0 Å². The van der Waals surface area contributed by atoms with Crippen molar-refractivity contribution in [2.45, 2.75) is 39.7 Å². The van der Waals surface area contributed by atoms with E-state index in [2.05, 4.69) is 29.8 Å². The van der Waals surface area contributed by atoms with Crippen molar-refractivity contribution in [2.75, 3.05) is 18.0 Å². The Bertz CT molecular complexity index is 304. The van der Waals surface area contributed by atoms with Gasteiger partial charge >= 0.3 is 0 Å². The molecule has 0 aliphatic heterocycles. The first-order valence-corrected chi connectivity index (χ1v) is 6.15. The Kier molecular flexibility index (Phi) is 5.26. The fourth-order valence-corrected chi connectivity index (χ4v) is 1.77. The Morgan fingerprint density at radius 1 is 1.31 bits per heavy atom. The van der Waals surface area contributed by atoms with Crippen molar-refractivity contribution in [2.24, 2.45) is 5.73 Å². The number of hydrogen-bond acceptors (Lipinski definition) is 3. The second kappa shape index (κ2) is 6.48. The highest BCUT2D eigenvalue weighted by Crippen LogP contribution is 2.17. The summed E-state index contributed by atoms with van der Waals surface area (Å²) < 4.78 is 0. The Hall–Kier alpha value is -1.09. The minimum absolute atomic E-state index is 0.0758. The number of hydrogen-bond donors (Lipinski definition) is 1. The van der Waals surface area contributed by atoms with Crippen molar-refractivity contribution in [1.29, 1.82) is 0 Å². The number of anilines is 1. The van der Waals surface area contributed by atoms with Gasteiger partial charge in [0.2, 0.25) is 0 Å². The first-order chi connectivity index (χ1) is 7.69. The molecule has 0 bridgehead atoms. The number of rotatable bonds is 6. The van der Waals surface area contributed by atoms with Crippen LogP contribution in [0.1, 0.15) is 45.2 Å². The fraction of sp³-hybridized carbons (Fsp3) is 0.615. The second-order valence-electron chi connectivity index (χ2n) is 4.22. The zero-order valence-corrected chi connectivity index (χ0v) is 10.6. The smallest absolute Gasteiger partial charge is 0.128 e. The van der Waals surface area contributed by atoms with Gasteiger partial charge in [-0.1, -0.05) is 13.8 Å². The minimum atomic E-state index is 0.0758. The van der Waals surface area contributed by atoms with Crippen LogP contribution in [0.15, 0.2) is 18.3 Å². The summed E-state index contributed by atoms with van der Waals surface area (Å²) in [5.74, 6) is 1.05. The lowest BCUT2D eigenvalue weighted by Gasteiger charge is -2.23. The van der Waals surface area contributed by atoms with Gasteiger partial charge in [-0.25, -0.2) is 4.98 Å². The molecule has 1 aromatic heterocycles. The zero-order valence-electron chi connectivity index (χ0n) is 10.6. The molecule has 1 heterocycles. The van der Waals surface area contributed by atoms with Gasteiger partial charge in [-0.2, -0.15) is 0 Å². The third-order valence-corrected chi connectivity index (χ3v) is 2.61. The van der Waals surface area contributed by atoms with Crippen molar-refractivity contribution in [3.05, 3.63) is 23.9 Å². The van der Waals surface area contributed by atoms with Gasteiger partial charge in [0, 0.05) is 25.3 Å². The van der Waals surface area contributed by atoms with Gasteiger partial charge in [-0.3, -0.25) is 0 Å². The van der Waals surface area contributed by atoms with E-state index in [0.717, 1.165) is 37.3 Å². The summed E-state index contributed by atoms with van der Waals surface area (Å²) in [5.41, 5.74) is 7.04. The molecule has 0 aliphatic rings. The molecule has 0 aromatic carbocycles. The summed E-state index contributed by atoms with van der Waals surface area (Å²) in [7, 11) is 0. The molecule has 0 amide bonds. The number of aromatic nitrogens is 1. The highest BCUT2D eigenvalue weighted by atomic mass is 15.2. The van der Waals surface area contributed by atoms with E-state index in [9.17, 15) is 0 Å². The Labute approximate surface area is 98.7 Å². The van der Waals surface area contributed by atoms with Crippen molar-refractivity contribution < 1.29 is 0 Å². The van der Waals surface area contributed by atoms with Crippen LogP contribution in [0.4, 0.5) is 5.82 Å². The van der Waals surface area contributed by atoms with Crippen molar-refractivity contribution in [1.82, 2.24) is 4.98 Å². The van der Waals surface area contributed by atoms with E-state index in [-0.39, 0.29) is 6.04 Å². The summed E-state index contributed by atoms with van der Waals surface area (Å²) in [6.45, 7) is 8.51. The maximum atomic E-state index is 5.88. The molecule has 0 aliphatic carbocycles. The van der Waals surface area contributed by atoms with E-state index >= 15 is 0 Å². The Morgan fingerprint density at radius 2 is 1.94 bits per heavy atom. The largest absolute Gasteiger partial charge is 0.357 e. The predicted molar refractivity (Wildman–Crippen MR) is 69.6 cm³/mol. The number of pyridine rings is 1. The molecule has 0 radical (unpaired) electrons. The molecule has 1 aromatic rings. The molecular formula is C13H23N3. The summed E-state index contributed by atoms with van der Waals surface area (Å²) in [6, 6.07) is 4.17. The summed E-state index contributed by atoms with van der Waals surface area (Å²) in [5, 5.41) is 0. The van der Waals surface area contributed by atoms with E-state index in [0.29, 0.717) is 0 Å². The molecular weight excluding hydrogens is 198 g/mol. The first kappa shape index (κ1) is 13.0. The van der Waals surface area contributed by atoms with Crippen LogP contribution >= 0.6 is 0 Å². The quantitative estimate of drug-likeness (QED) is 0.803. The molecule has 1 atom stereocenters. The maximum Gasteiger partial charge on any atom is 0.128 e. The Balaban J connectivity index is 2.86. The molecule has 90 valence electrons. The second-order valence-corrected chi connectivity index (χ2v) is 4.22. The SMILES string of the molecule is CCCN(CCC)c1cc([C@@H](C)N)ccn1. The van der Waals surface area contributed by atoms with Gasteiger partial charge in [0.15, 0.2) is 0 Å². The summed E-state index contributed by atoms with van der Waals surface area (Å²) in [4.78, 5) is 6.76. The maximum absolute atomic E-state index is 5.88. The molecule has 16 heavy (non-hydrogen) atoms. The molecule has 0 saturated carbocycles. The highest BCUT2D eigenvalue weighted by molar-refractivity contribution is 5.41. The molecule has 0 unspecified atom stereocenters. The number of nitrogens with two attached hydrogens (primary N) is 1. The van der Waals surface area contributed by atoms with Crippen molar-refractivity contribution in [3.63, 3.8) is 0 Å². The standard InChI is InChI=1S/C13H23N3/c1-4-8-16(9-5-2)13-10-12(11(3)14)6-7-15-13/h6-7,10-11H,4-5,8-9,14H2,1-3H3/t11-/m1/s1. The summed E-state index contributed by atoms with van der Waals surface area (Å²) >= 11 is 0. The topological polar surface area (TPSA) is 42.1 Å². The van der Waals surface area contributed by atoms with E-state index < -0.39 is 0 Å². The molecule has 0 saturated heterocycles. The van der Waals surface area contributed by atoms with Crippen LogP contribution in [-0.2, 0) is 0 Å². The van der Waals surface area contributed by atoms with Gasteiger partial charge in [0.1, 0.15) is 5.82 Å². The average molecular weight is 221 g/mol. The molecule has 3 nitrogen and oxygen atoms in total. The fourth-order valence-electron chi connectivity index (χ4n) is 1.77. The monoisotopic (exact) mass is 221 g/mol. The predicted octanol–water partition coefficient (Wildman–Crippen LogP) is 2.73. The van der Waals surface area contributed by atoms with Crippen LogP contribution in [0.25, 0.3) is 0 Å². The van der Waals surface area contributed by atoms with Crippen LogP contribution in [0, 0.1) is 0 Å². The van der Waals surface area contributed by atoms with Crippen LogP contribution < -0.4 is 10.6 Å². The zero-order chi connectivity index (χ0) is 12.0. The van der Waals surface area contributed by atoms with Crippen molar-refractivity contribution in [3.8, 4) is 0 Å².